The second-order valence-electron chi connectivity index (χ2n) is 9.34. The van der Waals surface area contributed by atoms with Crippen molar-refractivity contribution in [3.05, 3.63) is 59.7 Å². The van der Waals surface area contributed by atoms with Crippen LogP contribution in [0.25, 0.3) is 0 Å². The average Bonchev–Trinajstić information content (AvgIpc) is 2.60. The number of carbonyl (C=O) groups excluding carboxylic acids is 2. The molecule has 1 aliphatic rings. The molecule has 1 heterocycles. The standard InChI is InChI=1S/C24H30N2O4/c1-23(2,3)29-21(27)25-19-13-9-7-11-17(19)15-16-18-12-8-10-14-20(18)26(25)22(28)30-24(4,5)6/h7-14H,15-16H2,1-6H3. The van der Waals surface area contributed by atoms with Gasteiger partial charge >= 0.3 is 12.2 Å². The van der Waals surface area contributed by atoms with Crippen molar-refractivity contribution in [1.29, 1.82) is 0 Å². The number of nitrogens with zero attached hydrogens (tertiary/aromatic N) is 2. The van der Waals surface area contributed by atoms with Crippen LogP contribution in [0, 0.1) is 0 Å². The molecule has 160 valence electrons. The zero-order valence-corrected chi connectivity index (χ0v) is 18.6. The van der Waals surface area contributed by atoms with E-state index in [1.165, 1.54) is 10.0 Å². The molecule has 0 atom stereocenters. The Hall–Kier alpha value is -3.02. The van der Waals surface area contributed by atoms with Crippen LogP contribution >= 0.6 is 0 Å². The first-order valence-electron chi connectivity index (χ1n) is 10.2. The van der Waals surface area contributed by atoms with Crippen molar-refractivity contribution >= 4 is 23.6 Å². The predicted octanol–water partition coefficient (Wildman–Crippen LogP) is 5.88. The summed E-state index contributed by atoms with van der Waals surface area (Å²) in [5.74, 6) is 0. The van der Waals surface area contributed by atoms with E-state index >= 15 is 0 Å². The number of aryl methyl sites for hydroxylation is 2. The highest BCUT2D eigenvalue weighted by Gasteiger charge is 2.38. The molecular formula is C24H30N2O4. The zero-order chi connectivity index (χ0) is 22.1. The van der Waals surface area contributed by atoms with Gasteiger partial charge in [0.1, 0.15) is 11.2 Å². The molecule has 0 aromatic heterocycles. The predicted molar refractivity (Wildman–Crippen MR) is 118 cm³/mol. The Labute approximate surface area is 178 Å². The number of hydrazine groups is 1. The number of ether oxygens (including phenoxy) is 2. The molecule has 0 unspecified atom stereocenters. The van der Waals surface area contributed by atoms with Gasteiger partial charge in [-0.3, -0.25) is 0 Å². The monoisotopic (exact) mass is 410 g/mol. The Kier molecular flexibility index (Phi) is 5.79. The van der Waals surface area contributed by atoms with Crippen LogP contribution < -0.4 is 10.0 Å². The molecule has 0 aliphatic carbocycles. The maximum Gasteiger partial charge on any atom is 0.434 e. The quantitative estimate of drug-likeness (QED) is 0.544. The van der Waals surface area contributed by atoms with Crippen LogP contribution in [0.4, 0.5) is 21.0 Å². The van der Waals surface area contributed by atoms with Crippen LogP contribution in [-0.4, -0.2) is 23.4 Å². The Morgan fingerprint density at radius 2 is 1.00 bits per heavy atom. The van der Waals surface area contributed by atoms with Crippen LogP contribution in [0.5, 0.6) is 0 Å². The van der Waals surface area contributed by atoms with Gasteiger partial charge in [0, 0.05) is 0 Å². The van der Waals surface area contributed by atoms with Crippen LogP contribution in [0.15, 0.2) is 48.5 Å². The third-order valence-electron chi connectivity index (χ3n) is 4.44. The molecule has 3 rings (SSSR count). The van der Waals surface area contributed by atoms with Gasteiger partial charge in [0.15, 0.2) is 0 Å². The second kappa shape index (κ2) is 8.01. The molecule has 30 heavy (non-hydrogen) atoms. The minimum atomic E-state index is -0.729. The van der Waals surface area contributed by atoms with Crippen molar-refractivity contribution in [2.45, 2.75) is 65.6 Å². The Balaban J connectivity index is 2.21. The lowest BCUT2D eigenvalue weighted by Crippen LogP contribution is -2.54. The summed E-state index contributed by atoms with van der Waals surface area (Å²) < 4.78 is 11.4. The molecule has 0 fully saturated rings. The van der Waals surface area contributed by atoms with Gasteiger partial charge in [-0.2, -0.15) is 10.0 Å². The summed E-state index contributed by atoms with van der Waals surface area (Å²) >= 11 is 0. The zero-order valence-electron chi connectivity index (χ0n) is 18.6. The molecular weight excluding hydrogens is 380 g/mol. The van der Waals surface area contributed by atoms with Gasteiger partial charge in [-0.25, -0.2) is 9.59 Å². The van der Waals surface area contributed by atoms with Crippen molar-refractivity contribution in [3.8, 4) is 0 Å². The van der Waals surface area contributed by atoms with E-state index in [1.807, 2.05) is 48.5 Å². The molecule has 0 bridgehead atoms. The number of hydrogen-bond acceptors (Lipinski definition) is 4. The number of rotatable bonds is 0. The minimum absolute atomic E-state index is 0.604. The van der Waals surface area contributed by atoms with Crippen molar-refractivity contribution < 1.29 is 19.1 Å². The largest absolute Gasteiger partial charge is 0.442 e. The first-order chi connectivity index (χ1) is 14.0. The average molecular weight is 411 g/mol. The summed E-state index contributed by atoms with van der Waals surface area (Å²) in [6.45, 7) is 10.8. The number of fused-ring (bicyclic) bond motifs is 2. The lowest BCUT2D eigenvalue weighted by Gasteiger charge is -2.39. The highest BCUT2D eigenvalue weighted by atomic mass is 16.6. The number of anilines is 2. The van der Waals surface area contributed by atoms with Gasteiger partial charge in [-0.05, 0) is 77.6 Å². The fourth-order valence-electron chi connectivity index (χ4n) is 3.31. The van der Waals surface area contributed by atoms with Gasteiger partial charge in [0.05, 0.1) is 11.4 Å². The maximum absolute atomic E-state index is 13.4. The van der Waals surface area contributed by atoms with Crippen molar-refractivity contribution in [1.82, 2.24) is 0 Å². The summed E-state index contributed by atoms with van der Waals surface area (Å²) in [5.41, 5.74) is 1.65. The van der Waals surface area contributed by atoms with Gasteiger partial charge < -0.3 is 9.47 Å². The lowest BCUT2D eigenvalue weighted by atomic mass is 10.00. The SMILES string of the molecule is CC(C)(C)OC(=O)N1c2ccccc2CCc2ccccc2N1C(=O)OC(C)(C)C. The number of carbonyl (C=O) groups is 2. The fraction of sp³-hybridized carbons (Fsp3) is 0.417. The Morgan fingerprint density at radius 1 is 0.667 bits per heavy atom. The van der Waals surface area contributed by atoms with Crippen molar-refractivity contribution in [2.75, 3.05) is 10.0 Å². The highest BCUT2D eigenvalue weighted by molar-refractivity contribution is 6.03. The molecule has 0 radical (unpaired) electrons. The minimum Gasteiger partial charge on any atom is -0.442 e. The molecule has 2 amide bonds. The molecule has 0 saturated carbocycles. The molecule has 1 aliphatic heterocycles. The summed E-state index contributed by atoms with van der Waals surface area (Å²) in [6.07, 6.45) is 0.179. The first kappa shape index (κ1) is 21.7. The normalized spacial score (nSPS) is 14.2. The molecule has 0 spiro atoms. The molecule has 6 heteroatoms. The smallest absolute Gasteiger partial charge is 0.434 e. The third kappa shape index (κ3) is 4.93. The van der Waals surface area contributed by atoms with Crippen LogP contribution in [0.1, 0.15) is 52.7 Å². The fourth-order valence-corrected chi connectivity index (χ4v) is 3.31. The van der Waals surface area contributed by atoms with E-state index in [0.717, 1.165) is 24.0 Å². The Bertz CT molecular complexity index is 863. The third-order valence-corrected chi connectivity index (χ3v) is 4.44. The summed E-state index contributed by atoms with van der Waals surface area (Å²) in [4.78, 5) is 26.8. The van der Waals surface area contributed by atoms with Gasteiger partial charge in [-0.1, -0.05) is 36.4 Å². The molecule has 0 N–H and O–H groups in total. The molecule has 6 nitrogen and oxygen atoms in total. The number of hydrogen-bond donors (Lipinski definition) is 0. The van der Waals surface area contributed by atoms with Gasteiger partial charge in [0.25, 0.3) is 0 Å². The topological polar surface area (TPSA) is 59.1 Å². The van der Waals surface area contributed by atoms with Gasteiger partial charge in [0.2, 0.25) is 0 Å². The maximum atomic E-state index is 13.4. The van der Waals surface area contributed by atoms with E-state index < -0.39 is 23.4 Å². The van der Waals surface area contributed by atoms with Crippen LogP contribution in [0.3, 0.4) is 0 Å². The first-order valence-corrected chi connectivity index (χ1v) is 10.2. The number of benzene rings is 2. The number of para-hydroxylation sites is 2. The second-order valence-corrected chi connectivity index (χ2v) is 9.34. The number of amides is 2. The highest BCUT2D eigenvalue weighted by Crippen LogP contribution is 2.35. The van der Waals surface area contributed by atoms with Gasteiger partial charge in [-0.15, -0.1) is 0 Å². The van der Waals surface area contributed by atoms with Crippen LogP contribution in [0.2, 0.25) is 0 Å². The lowest BCUT2D eigenvalue weighted by molar-refractivity contribution is 0.0478. The summed E-state index contributed by atoms with van der Waals surface area (Å²) in [5, 5.41) is 2.60. The van der Waals surface area contributed by atoms with Crippen LogP contribution in [-0.2, 0) is 22.3 Å². The molecule has 2 aromatic rings. The van der Waals surface area contributed by atoms with E-state index in [2.05, 4.69) is 0 Å². The van der Waals surface area contributed by atoms with E-state index in [0.29, 0.717) is 11.4 Å². The summed E-state index contributed by atoms with van der Waals surface area (Å²) in [6, 6.07) is 15.1. The van der Waals surface area contributed by atoms with E-state index in [1.54, 1.807) is 41.5 Å². The Morgan fingerprint density at radius 3 is 1.33 bits per heavy atom. The van der Waals surface area contributed by atoms with E-state index in [-0.39, 0.29) is 0 Å². The molecule has 2 aromatic carbocycles. The molecule has 0 saturated heterocycles. The van der Waals surface area contributed by atoms with Crippen molar-refractivity contribution in [3.63, 3.8) is 0 Å². The van der Waals surface area contributed by atoms with E-state index in [9.17, 15) is 9.59 Å². The summed E-state index contributed by atoms with van der Waals surface area (Å²) in [7, 11) is 0. The van der Waals surface area contributed by atoms with E-state index in [4.69, 9.17) is 9.47 Å². The van der Waals surface area contributed by atoms with Crippen molar-refractivity contribution in [2.24, 2.45) is 0 Å².